The highest BCUT2D eigenvalue weighted by molar-refractivity contribution is 4.98. The number of nitrogens with zero attached hydrogens (tertiary/aromatic N) is 1. The molecule has 0 radical (unpaired) electrons. The van der Waals surface area contributed by atoms with Gasteiger partial charge in [-0.2, -0.15) is 0 Å². The van der Waals surface area contributed by atoms with E-state index in [0.717, 1.165) is 19.6 Å². The fraction of sp³-hybridized carbons (Fsp3) is 1.00. The first-order chi connectivity index (χ1) is 8.95. The van der Waals surface area contributed by atoms with E-state index < -0.39 is 0 Å². The van der Waals surface area contributed by atoms with Crippen molar-refractivity contribution in [2.45, 2.75) is 71.1 Å². The highest BCUT2D eigenvalue weighted by Gasteiger charge is 2.43. The summed E-state index contributed by atoms with van der Waals surface area (Å²) in [6.45, 7) is 12.2. The van der Waals surface area contributed by atoms with Crippen molar-refractivity contribution in [3.63, 3.8) is 0 Å². The maximum atomic E-state index is 6.26. The van der Waals surface area contributed by atoms with Crippen molar-refractivity contribution in [3.8, 4) is 0 Å². The zero-order valence-corrected chi connectivity index (χ0v) is 13.2. The number of morpholine rings is 1. The number of ether oxygens (including phenoxy) is 1. The van der Waals surface area contributed by atoms with E-state index in [2.05, 4.69) is 32.6 Å². The molecule has 2 unspecified atom stereocenters. The van der Waals surface area contributed by atoms with Crippen LogP contribution in [0.15, 0.2) is 0 Å². The van der Waals surface area contributed by atoms with Crippen molar-refractivity contribution in [2.24, 2.45) is 17.6 Å². The maximum Gasteiger partial charge on any atom is 0.0707 e. The first-order valence-corrected chi connectivity index (χ1v) is 8.06. The smallest absolute Gasteiger partial charge is 0.0707 e. The van der Waals surface area contributed by atoms with Crippen molar-refractivity contribution in [2.75, 3.05) is 19.6 Å². The Labute approximate surface area is 118 Å². The minimum atomic E-state index is 0.187. The molecule has 2 fully saturated rings. The van der Waals surface area contributed by atoms with E-state index in [0.29, 0.717) is 24.0 Å². The molecule has 3 nitrogen and oxygen atoms in total. The predicted octanol–water partition coefficient (Wildman–Crippen LogP) is 2.64. The Morgan fingerprint density at radius 2 is 1.53 bits per heavy atom. The lowest BCUT2D eigenvalue weighted by atomic mass is 9.80. The molecule has 112 valence electrons. The largest absolute Gasteiger partial charge is 0.372 e. The number of hydrogen-bond donors (Lipinski definition) is 1. The van der Waals surface area contributed by atoms with Gasteiger partial charge in [0, 0.05) is 25.2 Å². The SMILES string of the molecule is CC(C)CC(CN)(CC(C)C)N1CC2CCC(C1)O2. The second-order valence-electron chi connectivity index (χ2n) is 7.49. The summed E-state index contributed by atoms with van der Waals surface area (Å²) in [6, 6.07) is 0. The summed E-state index contributed by atoms with van der Waals surface area (Å²) in [4.78, 5) is 2.68. The molecule has 0 saturated carbocycles. The number of hydrogen-bond acceptors (Lipinski definition) is 3. The molecule has 2 rings (SSSR count). The van der Waals surface area contributed by atoms with Crippen molar-refractivity contribution < 1.29 is 4.74 Å². The number of fused-ring (bicyclic) bond motifs is 2. The maximum absolute atomic E-state index is 6.26. The molecule has 2 atom stereocenters. The van der Waals surface area contributed by atoms with Gasteiger partial charge in [-0.3, -0.25) is 4.90 Å². The van der Waals surface area contributed by atoms with Crippen molar-refractivity contribution in [1.29, 1.82) is 0 Å². The fourth-order valence-electron chi connectivity index (χ4n) is 4.16. The van der Waals surface area contributed by atoms with Gasteiger partial charge in [-0.25, -0.2) is 0 Å². The van der Waals surface area contributed by atoms with Crippen molar-refractivity contribution in [1.82, 2.24) is 4.90 Å². The zero-order chi connectivity index (χ0) is 14.0. The molecule has 0 aromatic carbocycles. The molecule has 3 heteroatoms. The molecule has 0 spiro atoms. The van der Waals surface area contributed by atoms with E-state index in [1.807, 2.05) is 0 Å². The average Bonchev–Trinajstić information content (AvgIpc) is 2.66. The van der Waals surface area contributed by atoms with Crippen LogP contribution in [0.1, 0.15) is 53.4 Å². The lowest BCUT2D eigenvalue weighted by Gasteiger charge is -2.49. The summed E-state index contributed by atoms with van der Waals surface area (Å²) in [5.74, 6) is 1.39. The Hall–Kier alpha value is -0.120. The Kier molecular flexibility index (Phi) is 4.91. The van der Waals surface area contributed by atoms with Crippen LogP contribution in [0, 0.1) is 11.8 Å². The van der Waals surface area contributed by atoms with Crippen LogP contribution in [-0.2, 0) is 4.74 Å². The molecule has 2 aliphatic heterocycles. The first kappa shape index (κ1) is 15.3. The van der Waals surface area contributed by atoms with Gasteiger partial charge in [-0.1, -0.05) is 27.7 Å². The molecule has 2 saturated heterocycles. The van der Waals surface area contributed by atoms with Crippen LogP contribution in [-0.4, -0.2) is 42.3 Å². The second-order valence-corrected chi connectivity index (χ2v) is 7.49. The van der Waals surface area contributed by atoms with Crippen LogP contribution in [0.5, 0.6) is 0 Å². The third kappa shape index (κ3) is 3.50. The minimum Gasteiger partial charge on any atom is -0.372 e. The summed E-state index contributed by atoms with van der Waals surface area (Å²) in [7, 11) is 0. The lowest BCUT2D eigenvalue weighted by Crippen LogP contribution is -2.60. The van der Waals surface area contributed by atoms with Crippen LogP contribution >= 0.6 is 0 Å². The van der Waals surface area contributed by atoms with E-state index in [1.165, 1.54) is 25.7 Å². The van der Waals surface area contributed by atoms with Crippen LogP contribution < -0.4 is 5.73 Å². The van der Waals surface area contributed by atoms with E-state index >= 15 is 0 Å². The van der Waals surface area contributed by atoms with Gasteiger partial charge in [0.15, 0.2) is 0 Å². The molecule has 19 heavy (non-hydrogen) atoms. The fourth-order valence-corrected chi connectivity index (χ4v) is 4.16. The standard InChI is InChI=1S/C16H32N2O/c1-12(2)7-16(11-17,8-13(3)4)18-9-14-5-6-15(10-18)19-14/h12-15H,5-11,17H2,1-4H3. The van der Waals surface area contributed by atoms with Crippen LogP contribution in [0.4, 0.5) is 0 Å². The van der Waals surface area contributed by atoms with E-state index in [9.17, 15) is 0 Å². The number of nitrogens with two attached hydrogens (primary N) is 1. The number of rotatable bonds is 6. The molecule has 2 aliphatic rings. The monoisotopic (exact) mass is 268 g/mol. The normalized spacial score (nSPS) is 28.6. The summed E-state index contributed by atoms with van der Waals surface area (Å²) in [5, 5.41) is 0. The van der Waals surface area contributed by atoms with Gasteiger partial charge < -0.3 is 10.5 Å². The van der Waals surface area contributed by atoms with Gasteiger partial charge >= 0.3 is 0 Å². The van der Waals surface area contributed by atoms with Gasteiger partial charge in [0.2, 0.25) is 0 Å². The van der Waals surface area contributed by atoms with E-state index in [-0.39, 0.29) is 5.54 Å². The highest BCUT2D eigenvalue weighted by Crippen LogP contribution is 2.36. The molecular weight excluding hydrogens is 236 g/mol. The van der Waals surface area contributed by atoms with Crippen molar-refractivity contribution >= 4 is 0 Å². The molecule has 2 bridgehead atoms. The molecule has 0 aromatic heterocycles. The molecule has 2 N–H and O–H groups in total. The van der Waals surface area contributed by atoms with Crippen molar-refractivity contribution in [3.05, 3.63) is 0 Å². The summed E-state index contributed by atoms with van der Waals surface area (Å²) >= 11 is 0. The third-order valence-electron chi connectivity index (χ3n) is 4.67. The lowest BCUT2D eigenvalue weighted by molar-refractivity contribution is -0.0861. The van der Waals surface area contributed by atoms with Gasteiger partial charge in [-0.05, 0) is 37.5 Å². The Bertz CT molecular complexity index is 268. The quantitative estimate of drug-likeness (QED) is 0.805. The van der Waals surface area contributed by atoms with E-state index in [1.54, 1.807) is 0 Å². The summed E-state index contributed by atoms with van der Waals surface area (Å²) in [5.41, 5.74) is 6.45. The Morgan fingerprint density at radius 3 is 1.89 bits per heavy atom. The minimum absolute atomic E-state index is 0.187. The summed E-state index contributed by atoms with van der Waals surface area (Å²) in [6.07, 6.45) is 5.83. The van der Waals surface area contributed by atoms with Gasteiger partial charge in [0.05, 0.1) is 12.2 Å². The summed E-state index contributed by atoms with van der Waals surface area (Å²) < 4.78 is 5.99. The van der Waals surface area contributed by atoms with Gasteiger partial charge in [0.1, 0.15) is 0 Å². The molecule has 0 aliphatic carbocycles. The zero-order valence-electron chi connectivity index (χ0n) is 13.2. The molecular formula is C16H32N2O. The second kappa shape index (κ2) is 6.11. The van der Waals surface area contributed by atoms with Crippen LogP contribution in [0.2, 0.25) is 0 Å². The highest BCUT2D eigenvalue weighted by atomic mass is 16.5. The molecule has 0 aromatic rings. The first-order valence-electron chi connectivity index (χ1n) is 8.06. The average molecular weight is 268 g/mol. The number of likely N-dealkylation sites (tertiary alicyclic amines) is 1. The van der Waals surface area contributed by atoms with Gasteiger partial charge in [-0.15, -0.1) is 0 Å². The van der Waals surface area contributed by atoms with Gasteiger partial charge in [0.25, 0.3) is 0 Å². The third-order valence-corrected chi connectivity index (χ3v) is 4.67. The topological polar surface area (TPSA) is 38.5 Å². The Balaban J connectivity index is 2.15. The molecule has 2 heterocycles. The molecule has 0 amide bonds. The Morgan fingerprint density at radius 1 is 1.05 bits per heavy atom. The van der Waals surface area contributed by atoms with E-state index in [4.69, 9.17) is 10.5 Å². The van der Waals surface area contributed by atoms with Crippen LogP contribution in [0.3, 0.4) is 0 Å². The van der Waals surface area contributed by atoms with Crippen LogP contribution in [0.25, 0.3) is 0 Å². The predicted molar refractivity (Wildman–Crippen MR) is 80.2 cm³/mol.